The Labute approximate surface area is 99.7 Å². The molecule has 1 aromatic carbocycles. The Morgan fingerprint density at radius 1 is 1.18 bits per heavy atom. The molecule has 1 aliphatic carbocycles. The lowest BCUT2D eigenvalue weighted by Crippen LogP contribution is -2.20. The summed E-state index contributed by atoms with van der Waals surface area (Å²) in [6.45, 7) is 0. The quantitative estimate of drug-likeness (QED) is 0.846. The smallest absolute Gasteiger partial charge is 0.105 e. The van der Waals surface area contributed by atoms with Crippen LogP contribution in [0.3, 0.4) is 0 Å². The average molecular weight is 229 g/mol. The third-order valence-electron chi connectivity index (χ3n) is 3.40. The highest BCUT2D eigenvalue weighted by atomic mass is 16.3. The molecule has 1 heterocycles. The van der Waals surface area contributed by atoms with Gasteiger partial charge in [-0.3, -0.25) is 4.98 Å². The number of hydrogen-bond acceptors (Lipinski definition) is 3. The van der Waals surface area contributed by atoms with Crippen LogP contribution in [0.5, 0.6) is 0 Å². The lowest BCUT2D eigenvalue weighted by atomic mass is 9.99. The number of rotatable bonds is 3. The topological polar surface area (TPSA) is 53.4 Å². The molecule has 0 amide bonds. The van der Waals surface area contributed by atoms with Crippen molar-refractivity contribution >= 4 is 10.9 Å². The molecule has 2 N–H and O–H groups in total. The second-order valence-electron chi connectivity index (χ2n) is 4.73. The normalized spacial score (nSPS) is 19.2. The number of aliphatic hydroxyl groups excluding tert-OH is 2. The summed E-state index contributed by atoms with van der Waals surface area (Å²) < 4.78 is 0. The molecule has 2 atom stereocenters. The first-order valence-corrected chi connectivity index (χ1v) is 5.96. The monoisotopic (exact) mass is 229 g/mol. The van der Waals surface area contributed by atoms with Gasteiger partial charge in [-0.15, -0.1) is 0 Å². The van der Waals surface area contributed by atoms with E-state index in [-0.39, 0.29) is 5.92 Å². The summed E-state index contributed by atoms with van der Waals surface area (Å²) in [6.07, 6.45) is 2.37. The van der Waals surface area contributed by atoms with Gasteiger partial charge in [-0.1, -0.05) is 12.1 Å². The van der Waals surface area contributed by atoms with E-state index in [4.69, 9.17) is 0 Å². The van der Waals surface area contributed by atoms with Crippen molar-refractivity contribution in [1.82, 2.24) is 4.98 Å². The van der Waals surface area contributed by atoms with E-state index in [1.165, 1.54) is 0 Å². The highest BCUT2D eigenvalue weighted by Gasteiger charge is 2.35. The van der Waals surface area contributed by atoms with Crippen molar-refractivity contribution in [3.8, 4) is 0 Å². The molecular formula is C14H15NO2. The number of hydrogen-bond donors (Lipinski definition) is 2. The zero-order chi connectivity index (χ0) is 11.8. The van der Waals surface area contributed by atoms with Crippen LogP contribution in [-0.2, 0) is 0 Å². The molecule has 3 heteroatoms. The molecule has 0 spiro atoms. The molecule has 3 rings (SSSR count). The van der Waals surface area contributed by atoms with Gasteiger partial charge in [-0.05, 0) is 42.5 Å². The summed E-state index contributed by atoms with van der Waals surface area (Å²) >= 11 is 0. The van der Waals surface area contributed by atoms with Crippen LogP contribution in [0.15, 0.2) is 36.5 Å². The molecule has 1 saturated carbocycles. The first-order chi connectivity index (χ1) is 8.25. The summed E-state index contributed by atoms with van der Waals surface area (Å²) in [4.78, 5) is 4.23. The summed E-state index contributed by atoms with van der Waals surface area (Å²) in [5.74, 6) is 0.273. The number of aliphatic hydroxyl groups is 2. The Kier molecular flexibility index (Phi) is 2.57. The lowest BCUT2D eigenvalue weighted by Gasteiger charge is -2.17. The van der Waals surface area contributed by atoms with Crippen molar-refractivity contribution in [2.75, 3.05) is 0 Å². The van der Waals surface area contributed by atoms with Crippen molar-refractivity contribution in [3.05, 3.63) is 42.1 Å². The number of aromatic nitrogens is 1. The van der Waals surface area contributed by atoms with Crippen LogP contribution in [0.1, 0.15) is 24.5 Å². The van der Waals surface area contributed by atoms with Gasteiger partial charge in [-0.2, -0.15) is 0 Å². The lowest BCUT2D eigenvalue weighted by molar-refractivity contribution is 0.00492. The number of nitrogens with zero attached hydrogens (tertiary/aromatic N) is 1. The van der Waals surface area contributed by atoms with Crippen LogP contribution in [-0.4, -0.2) is 21.3 Å². The van der Waals surface area contributed by atoms with Gasteiger partial charge < -0.3 is 10.2 Å². The number of pyridine rings is 1. The Bertz CT molecular complexity index is 536. The van der Waals surface area contributed by atoms with E-state index in [0.717, 1.165) is 29.3 Å². The summed E-state index contributed by atoms with van der Waals surface area (Å²) in [7, 11) is 0. The molecule has 0 radical (unpaired) electrons. The minimum atomic E-state index is -0.785. The molecule has 88 valence electrons. The van der Waals surface area contributed by atoms with E-state index < -0.39 is 12.2 Å². The minimum Gasteiger partial charge on any atom is -0.390 e. The van der Waals surface area contributed by atoms with Crippen LogP contribution in [0, 0.1) is 5.92 Å². The third-order valence-corrected chi connectivity index (χ3v) is 3.40. The van der Waals surface area contributed by atoms with Gasteiger partial charge in [-0.25, -0.2) is 0 Å². The summed E-state index contributed by atoms with van der Waals surface area (Å²) in [5, 5.41) is 21.0. The van der Waals surface area contributed by atoms with E-state index in [1.807, 2.05) is 30.3 Å². The van der Waals surface area contributed by atoms with Gasteiger partial charge in [0, 0.05) is 11.6 Å². The fraction of sp³-hybridized carbons (Fsp3) is 0.357. The standard InChI is InChI=1S/C14H15NO2/c16-13(9-3-4-9)14(17)11-5-6-12-10(8-11)2-1-7-15-12/h1-2,5-9,13-14,16-17H,3-4H2. The van der Waals surface area contributed by atoms with Crippen LogP contribution < -0.4 is 0 Å². The molecule has 0 bridgehead atoms. The molecule has 2 aromatic rings. The number of fused-ring (bicyclic) bond motifs is 1. The predicted molar refractivity (Wildman–Crippen MR) is 65.4 cm³/mol. The first-order valence-electron chi connectivity index (χ1n) is 5.96. The van der Waals surface area contributed by atoms with Gasteiger partial charge in [0.15, 0.2) is 0 Å². The van der Waals surface area contributed by atoms with E-state index in [1.54, 1.807) is 6.20 Å². The zero-order valence-corrected chi connectivity index (χ0v) is 9.45. The largest absolute Gasteiger partial charge is 0.390 e. The average Bonchev–Trinajstić information content (AvgIpc) is 3.21. The molecule has 0 aliphatic heterocycles. The van der Waals surface area contributed by atoms with Gasteiger partial charge in [0.1, 0.15) is 6.10 Å². The van der Waals surface area contributed by atoms with Gasteiger partial charge in [0.05, 0.1) is 11.6 Å². The van der Waals surface area contributed by atoms with Gasteiger partial charge in [0.2, 0.25) is 0 Å². The van der Waals surface area contributed by atoms with Crippen molar-refractivity contribution in [2.45, 2.75) is 25.0 Å². The molecule has 17 heavy (non-hydrogen) atoms. The second-order valence-corrected chi connectivity index (χ2v) is 4.73. The fourth-order valence-corrected chi connectivity index (χ4v) is 2.17. The van der Waals surface area contributed by atoms with Crippen LogP contribution >= 0.6 is 0 Å². The van der Waals surface area contributed by atoms with E-state index in [2.05, 4.69) is 4.98 Å². The Morgan fingerprint density at radius 2 is 2.00 bits per heavy atom. The maximum absolute atomic E-state index is 10.1. The first kappa shape index (κ1) is 10.7. The minimum absolute atomic E-state index is 0.273. The predicted octanol–water partition coefficient (Wildman–Crippen LogP) is 2.04. The molecule has 1 fully saturated rings. The molecular weight excluding hydrogens is 214 g/mol. The Balaban J connectivity index is 1.93. The van der Waals surface area contributed by atoms with Crippen LogP contribution in [0.2, 0.25) is 0 Å². The maximum atomic E-state index is 10.1. The van der Waals surface area contributed by atoms with E-state index in [9.17, 15) is 10.2 Å². The van der Waals surface area contributed by atoms with E-state index >= 15 is 0 Å². The maximum Gasteiger partial charge on any atom is 0.105 e. The van der Waals surface area contributed by atoms with Gasteiger partial charge in [0.25, 0.3) is 0 Å². The van der Waals surface area contributed by atoms with Crippen molar-refractivity contribution in [3.63, 3.8) is 0 Å². The van der Waals surface area contributed by atoms with Crippen LogP contribution in [0.25, 0.3) is 10.9 Å². The molecule has 2 unspecified atom stereocenters. The van der Waals surface area contributed by atoms with Gasteiger partial charge >= 0.3 is 0 Å². The third kappa shape index (κ3) is 2.04. The summed E-state index contributed by atoms with van der Waals surface area (Å²) in [6, 6.07) is 9.45. The van der Waals surface area contributed by atoms with Crippen molar-refractivity contribution in [2.24, 2.45) is 5.92 Å². The highest BCUT2D eigenvalue weighted by molar-refractivity contribution is 5.79. The zero-order valence-electron chi connectivity index (χ0n) is 9.45. The Hall–Kier alpha value is -1.45. The Morgan fingerprint density at radius 3 is 2.76 bits per heavy atom. The number of benzene rings is 1. The van der Waals surface area contributed by atoms with Crippen LogP contribution in [0.4, 0.5) is 0 Å². The SMILES string of the molecule is OC(c1ccc2ncccc2c1)C(O)C1CC1. The summed E-state index contributed by atoms with van der Waals surface area (Å²) in [5.41, 5.74) is 1.68. The fourth-order valence-electron chi connectivity index (χ4n) is 2.17. The van der Waals surface area contributed by atoms with Crippen molar-refractivity contribution in [1.29, 1.82) is 0 Å². The van der Waals surface area contributed by atoms with Crippen molar-refractivity contribution < 1.29 is 10.2 Å². The van der Waals surface area contributed by atoms with E-state index in [0.29, 0.717) is 0 Å². The molecule has 1 aromatic heterocycles. The highest BCUT2D eigenvalue weighted by Crippen LogP contribution is 2.38. The molecule has 0 saturated heterocycles. The second kappa shape index (κ2) is 4.09. The molecule has 1 aliphatic rings. The molecule has 3 nitrogen and oxygen atoms in total.